The number of H-pyrrole nitrogens is 1. The quantitative estimate of drug-likeness (QED) is 0.0906. The zero-order valence-electron chi connectivity index (χ0n) is 32.8. The number of anilines is 1. The molecule has 1 saturated heterocycles. The molecule has 3 N–H and O–H groups in total. The van der Waals surface area contributed by atoms with E-state index in [1.807, 2.05) is 78.9 Å². The Bertz CT molecular complexity index is 2100. The number of hydrogen-bond acceptors (Lipinski definition) is 10. The Labute approximate surface area is 322 Å². The van der Waals surface area contributed by atoms with Crippen LogP contribution in [0.25, 0.3) is 11.2 Å². The molecule has 1 fully saturated rings. The SMILES string of the molecule is COc1ccc(C(OC[C@H]2O[C@@H](n3cnc4c(=O)[nH]c(NC(=O)C(C)C)nc43)[C@@H](O)[C@@H]2O[Si](C)(C)C(C)(C)C)(c2ccccc2)c2ccc(OC)cc2)cc1. The lowest BCUT2D eigenvalue weighted by Gasteiger charge is -2.41. The van der Waals surface area contributed by atoms with Crippen LogP contribution in [-0.2, 0) is 24.3 Å². The van der Waals surface area contributed by atoms with Gasteiger partial charge >= 0.3 is 0 Å². The van der Waals surface area contributed by atoms with Crippen LogP contribution in [0, 0.1) is 5.92 Å². The average molecular weight is 770 g/mol. The smallest absolute Gasteiger partial charge is 0.280 e. The van der Waals surface area contributed by atoms with E-state index in [4.69, 9.17) is 23.4 Å². The van der Waals surface area contributed by atoms with Gasteiger partial charge in [0, 0.05) is 5.92 Å². The van der Waals surface area contributed by atoms with Gasteiger partial charge in [0.05, 0.1) is 27.2 Å². The predicted octanol–water partition coefficient (Wildman–Crippen LogP) is 6.39. The molecule has 0 radical (unpaired) electrons. The number of aromatic amines is 1. The number of carbonyl (C=O) groups excluding carboxylic acids is 1. The normalized spacial score (nSPS) is 19.2. The van der Waals surface area contributed by atoms with Crippen molar-refractivity contribution in [2.24, 2.45) is 5.92 Å². The molecule has 55 heavy (non-hydrogen) atoms. The highest BCUT2D eigenvalue weighted by atomic mass is 28.4. The Morgan fingerprint density at radius 1 is 0.945 bits per heavy atom. The lowest BCUT2D eigenvalue weighted by molar-refractivity contribution is -0.118. The van der Waals surface area contributed by atoms with Gasteiger partial charge < -0.3 is 28.5 Å². The molecule has 0 spiro atoms. The zero-order valence-corrected chi connectivity index (χ0v) is 33.8. The van der Waals surface area contributed by atoms with Crippen LogP contribution in [0.4, 0.5) is 5.95 Å². The van der Waals surface area contributed by atoms with Gasteiger partial charge in [0.15, 0.2) is 25.7 Å². The molecule has 6 rings (SSSR count). The minimum atomic E-state index is -2.52. The Morgan fingerprint density at radius 2 is 1.51 bits per heavy atom. The van der Waals surface area contributed by atoms with Crippen LogP contribution in [0.3, 0.4) is 0 Å². The highest BCUT2D eigenvalue weighted by molar-refractivity contribution is 6.74. The van der Waals surface area contributed by atoms with Crippen molar-refractivity contribution in [1.29, 1.82) is 0 Å². The van der Waals surface area contributed by atoms with Gasteiger partial charge in [-0.2, -0.15) is 4.98 Å². The van der Waals surface area contributed by atoms with E-state index in [0.717, 1.165) is 16.7 Å². The summed E-state index contributed by atoms with van der Waals surface area (Å²) in [6.07, 6.45) is -2.52. The molecule has 1 amide bonds. The van der Waals surface area contributed by atoms with Gasteiger partial charge in [-0.3, -0.25) is 24.5 Å². The molecule has 1 aliphatic heterocycles. The van der Waals surface area contributed by atoms with Crippen LogP contribution in [0.5, 0.6) is 11.5 Å². The first kappa shape index (κ1) is 39.8. The van der Waals surface area contributed by atoms with Crippen molar-refractivity contribution in [3.63, 3.8) is 0 Å². The van der Waals surface area contributed by atoms with E-state index in [0.29, 0.717) is 11.5 Å². The van der Waals surface area contributed by atoms with Crippen LogP contribution < -0.4 is 20.3 Å². The summed E-state index contributed by atoms with van der Waals surface area (Å²) in [5.74, 6) is 0.687. The summed E-state index contributed by atoms with van der Waals surface area (Å²) in [6.45, 7) is 14.1. The summed E-state index contributed by atoms with van der Waals surface area (Å²) in [5.41, 5.74) is 0.992. The van der Waals surface area contributed by atoms with Crippen molar-refractivity contribution < 1.29 is 33.3 Å². The maximum Gasteiger partial charge on any atom is 0.280 e. The second kappa shape index (κ2) is 15.7. The van der Waals surface area contributed by atoms with Gasteiger partial charge in [-0.05, 0) is 59.1 Å². The van der Waals surface area contributed by atoms with E-state index in [2.05, 4.69) is 54.1 Å². The lowest BCUT2D eigenvalue weighted by Crippen LogP contribution is -2.50. The predicted molar refractivity (Wildman–Crippen MR) is 212 cm³/mol. The third kappa shape index (κ3) is 7.82. The fraction of sp³-hybridized carbons (Fsp3) is 0.415. The Morgan fingerprint density at radius 3 is 2.04 bits per heavy atom. The maximum absolute atomic E-state index is 13.1. The molecule has 0 bridgehead atoms. The number of aromatic nitrogens is 4. The summed E-state index contributed by atoms with van der Waals surface area (Å²) < 4.78 is 33.5. The number of methoxy groups -OCH3 is 2. The Hall–Kier alpha value is -4.86. The number of carbonyl (C=O) groups is 1. The number of nitrogens with zero attached hydrogens (tertiary/aromatic N) is 3. The molecule has 292 valence electrons. The van der Waals surface area contributed by atoms with Gasteiger partial charge in [0.1, 0.15) is 35.4 Å². The number of ether oxygens (including phenoxy) is 4. The first-order chi connectivity index (χ1) is 26.1. The van der Waals surface area contributed by atoms with Gasteiger partial charge in [0.2, 0.25) is 11.9 Å². The molecule has 13 nitrogen and oxygen atoms in total. The summed E-state index contributed by atoms with van der Waals surface area (Å²) in [4.78, 5) is 37.1. The Balaban J connectivity index is 1.45. The van der Waals surface area contributed by atoms with Crippen LogP contribution in [0.2, 0.25) is 18.1 Å². The number of hydrogen-bond donors (Lipinski definition) is 3. The average Bonchev–Trinajstić information content (AvgIpc) is 3.72. The summed E-state index contributed by atoms with van der Waals surface area (Å²) in [7, 11) is 0.725. The van der Waals surface area contributed by atoms with E-state index in [9.17, 15) is 14.7 Å². The van der Waals surface area contributed by atoms with E-state index in [1.54, 1.807) is 28.1 Å². The van der Waals surface area contributed by atoms with E-state index in [-0.39, 0.29) is 40.6 Å². The fourth-order valence-electron chi connectivity index (χ4n) is 6.46. The molecular weight excluding hydrogens is 719 g/mol. The largest absolute Gasteiger partial charge is 0.497 e. The molecule has 3 aromatic carbocycles. The first-order valence-corrected chi connectivity index (χ1v) is 21.3. The van der Waals surface area contributed by atoms with E-state index in [1.165, 1.54) is 10.9 Å². The van der Waals surface area contributed by atoms with Crippen molar-refractivity contribution in [3.05, 3.63) is 112 Å². The number of amides is 1. The summed E-state index contributed by atoms with van der Waals surface area (Å²) >= 11 is 0. The van der Waals surface area contributed by atoms with Gasteiger partial charge in [-0.15, -0.1) is 0 Å². The number of nitrogens with one attached hydrogen (secondary N) is 2. The number of aliphatic hydroxyl groups is 1. The Kier molecular flexibility index (Phi) is 11.4. The molecular formula is C41H51N5O8Si. The van der Waals surface area contributed by atoms with Crippen molar-refractivity contribution in [2.45, 2.75) is 82.9 Å². The molecule has 2 aromatic heterocycles. The molecule has 4 atom stereocenters. The molecule has 5 aromatic rings. The highest BCUT2D eigenvalue weighted by Crippen LogP contribution is 2.45. The van der Waals surface area contributed by atoms with Crippen molar-refractivity contribution in [3.8, 4) is 11.5 Å². The molecule has 0 unspecified atom stereocenters. The third-order valence-electron chi connectivity index (χ3n) is 10.7. The second-order valence-electron chi connectivity index (χ2n) is 15.6. The van der Waals surface area contributed by atoms with Gasteiger partial charge in [-0.1, -0.05) is 89.2 Å². The van der Waals surface area contributed by atoms with Crippen LogP contribution in [0.1, 0.15) is 57.5 Å². The fourth-order valence-corrected chi connectivity index (χ4v) is 7.79. The summed E-state index contributed by atoms with van der Waals surface area (Å²) in [5, 5.41) is 14.6. The third-order valence-corrected chi connectivity index (χ3v) is 15.1. The van der Waals surface area contributed by atoms with Crippen LogP contribution in [-0.4, -0.2) is 78.0 Å². The molecule has 1 aliphatic rings. The number of rotatable bonds is 13. The van der Waals surface area contributed by atoms with Gasteiger partial charge in [0.25, 0.3) is 5.56 Å². The van der Waals surface area contributed by atoms with E-state index < -0.39 is 44.0 Å². The number of benzene rings is 3. The van der Waals surface area contributed by atoms with Crippen molar-refractivity contribution in [2.75, 3.05) is 26.1 Å². The highest BCUT2D eigenvalue weighted by Gasteiger charge is 2.52. The number of fused-ring (bicyclic) bond motifs is 1. The lowest BCUT2D eigenvalue weighted by atomic mass is 9.80. The second-order valence-corrected chi connectivity index (χ2v) is 20.4. The van der Waals surface area contributed by atoms with Crippen LogP contribution in [0.15, 0.2) is 90.0 Å². The maximum atomic E-state index is 13.1. The zero-order chi connectivity index (χ0) is 39.7. The molecule has 3 heterocycles. The van der Waals surface area contributed by atoms with Crippen LogP contribution >= 0.6 is 0 Å². The first-order valence-electron chi connectivity index (χ1n) is 18.4. The van der Waals surface area contributed by atoms with Gasteiger partial charge in [-0.25, -0.2) is 4.98 Å². The number of aliphatic hydroxyl groups excluding tert-OH is 1. The topological polar surface area (TPSA) is 159 Å². The molecule has 0 aliphatic carbocycles. The summed E-state index contributed by atoms with van der Waals surface area (Å²) in [6, 6.07) is 25.4. The number of imidazole rings is 1. The minimum absolute atomic E-state index is 0.0177. The van der Waals surface area contributed by atoms with Crippen molar-refractivity contribution in [1.82, 2.24) is 19.5 Å². The van der Waals surface area contributed by atoms with Crippen molar-refractivity contribution >= 4 is 31.3 Å². The molecule has 0 saturated carbocycles. The van der Waals surface area contributed by atoms with E-state index >= 15 is 0 Å². The molecule has 14 heteroatoms. The monoisotopic (exact) mass is 769 g/mol. The standard InChI is InChI=1S/C41H51N5O8Si/c1-25(2)36(48)44-39-43-35-32(37(49)45-39)42-24-46(35)38-33(47)34(54-55(8,9)40(3,4)5)31(53-38)23-52-41(26-13-11-10-12-14-26,27-15-19-29(50-6)20-16-27)28-17-21-30(51-7)22-18-28/h10-22,24-25,31,33-34,38,47H,23H2,1-9H3,(H2,43,44,45,48,49)/t31-,33+,34-,38-/m1/s1. The minimum Gasteiger partial charge on any atom is -0.497 e.